The molecule has 0 atom stereocenters. The van der Waals surface area contributed by atoms with Gasteiger partial charge in [-0.25, -0.2) is 48.6 Å². The second kappa shape index (κ2) is 27.8. The Labute approximate surface area is 192 Å². The van der Waals surface area contributed by atoms with E-state index in [1.54, 1.807) is 0 Å². The van der Waals surface area contributed by atoms with Crippen LogP contribution in [0, 0.1) is 24.3 Å². The topological polar surface area (TPSA) is 0 Å². The molecule has 0 aromatic carbocycles. The Kier molecular flexibility index (Phi) is 36.6. The van der Waals surface area contributed by atoms with Gasteiger partial charge in [-0.2, -0.15) is 24.3 Å². The van der Waals surface area contributed by atoms with Crippen molar-refractivity contribution in [2.24, 2.45) is 0 Å². The van der Waals surface area contributed by atoms with Crippen molar-refractivity contribution in [1.82, 2.24) is 0 Å². The van der Waals surface area contributed by atoms with Crippen LogP contribution in [-0.4, -0.2) is 0 Å². The summed E-state index contributed by atoms with van der Waals surface area (Å²) < 4.78 is 0. The molecule has 0 saturated carbocycles. The second-order valence-corrected chi connectivity index (χ2v) is 4.01. The summed E-state index contributed by atoms with van der Waals surface area (Å²) in [6, 6.07) is 0. The van der Waals surface area contributed by atoms with E-state index in [9.17, 15) is 0 Å². The molecule has 0 spiro atoms. The summed E-state index contributed by atoms with van der Waals surface area (Å²) in [6.07, 6.45) is 40.0. The standard InChI is InChI=1S/4C5H5.2ClH.2Ti.2H/c4*1-2-4-5-3-1;;;;;;/h4*1-3H,4H2;2*1H;;;;/q4*-1;;;2*+4;2*-1/p-2. The van der Waals surface area contributed by atoms with E-state index >= 15 is 0 Å². The third-order valence-corrected chi connectivity index (χ3v) is 2.34. The Hall–Kier alpha value is -0.0714. The van der Waals surface area contributed by atoms with Crippen molar-refractivity contribution >= 4 is 0 Å². The maximum Gasteiger partial charge on any atom is 4.00 e. The number of hydrogen-bond donors (Lipinski definition) is 0. The number of hydrogen-bond acceptors (Lipinski definition) is 0. The van der Waals surface area contributed by atoms with Crippen LogP contribution in [0.2, 0.25) is 0 Å². The summed E-state index contributed by atoms with van der Waals surface area (Å²) >= 11 is 0. The first-order chi connectivity index (χ1) is 10.0. The van der Waals surface area contributed by atoms with Gasteiger partial charge in [0, 0.05) is 0 Å². The van der Waals surface area contributed by atoms with E-state index < -0.39 is 0 Å². The molecule has 4 aliphatic rings. The van der Waals surface area contributed by atoms with Gasteiger partial charge in [0.05, 0.1) is 0 Å². The van der Waals surface area contributed by atoms with Crippen LogP contribution in [0.1, 0.15) is 28.5 Å². The Morgan fingerprint density at radius 2 is 0.667 bits per heavy atom. The Balaban J connectivity index is -0.0000000476. The molecule has 0 fully saturated rings. The predicted octanol–water partition coefficient (Wildman–Crippen LogP) is -0.549. The summed E-state index contributed by atoms with van der Waals surface area (Å²) in [5, 5.41) is 0. The van der Waals surface area contributed by atoms with Crippen molar-refractivity contribution in [3.05, 3.63) is 97.2 Å². The molecular formula is C20H22Cl2Ti2. The first-order valence-corrected chi connectivity index (χ1v) is 6.87. The molecule has 4 heteroatoms. The normalized spacial score (nSPS) is 14.7. The molecular weight excluding hydrogens is 407 g/mol. The van der Waals surface area contributed by atoms with Crippen molar-refractivity contribution < 1.29 is 71.1 Å². The molecule has 0 aromatic rings. The third kappa shape index (κ3) is 24.2. The van der Waals surface area contributed by atoms with Crippen LogP contribution in [0.5, 0.6) is 0 Å². The SMILES string of the molecule is [C-]1=CC=CC1.[C-]1=CC=CC1.[C-]1=CC=CC1.[C-]1=CC=CC1.[Cl-].[Cl-].[H-].[H-].[Ti+4].[Ti+4]. The number of rotatable bonds is 0. The fourth-order valence-electron chi connectivity index (χ4n) is 1.36. The van der Waals surface area contributed by atoms with Crippen LogP contribution < -0.4 is 24.8 Å². The summed E-state index contributed by atoms with van der Waals surface area (Å²) in [5.41, 5.74) is 0. The van der Waals surface area contributed by atoms with Crippen molar-refractivity contribution in [3.8, 4) is 0 Å². The van der Waals surface area contributed by atoms with Crippen LogP contribution in [0.25, 0.3) is 0 Å². The molecule has 4 aliphatic carbocycles. The minimum Gasteiger partial charge on any atom is -1.00 e. The van der Waals surface area contributed by atoms with Gasteiger partial charge in [0.15, 0.2) is 0 Å². The van der Waals surface area contributed by atoms with E-state index in [4.69, 9.17) is 0 Å². The minimum atomic E-state index is 0. The Bertz CT molecular complexity index is 350. The molecule has 0 radical (unpaired) electrons. The van der Waals surface area contributed by atoms with Gasteiger partial charge in [-0.15, -0.1) is 25.7 Å². The zero-order chi connectivity index (χ0) is 14.1. The molecule has 0 unspecified atom stereocenters. The monoisotopic (exact) mass is 428 g/mol. The van der Waals surface area contributed by atoms with E-state index in [2.05, 4.69) is 48.6 Å². The van der Waals surface area contributed by atoms with E-state index in [0.717, 1.165) is 25.7 Å². The van der Waals surface area contributed by atoms with Crippen LogP contribution in [0.4, 0.5) is 0 Å². The molecule has 4 rings (SSSR count). The van der Waals surface area contributed by atoms with Crippen LogP contribution in [0.15, 0.2) is 72.9 Å². The second-order valence-electron chi connectivity index (χ2n) is 4.01. The first kappa shape index (κ1) is 31.7. The fraction of sp³-hybridized carbons (Fsp3) is 0.200. The van der Waals surface area contributed by atoms with E-state index in [-0.39, 0.29) is 71.1 Å². The molecule has 124 valence electrons. The average Bonchev–Trinajstić information content (AvgIpc) is 3.40. The van der Waals surface area contributed by atoms with Gasteiger partial charge < -0.3 is 27.7 Å². The molecule has 0 nitrogen and oxygen atoms in total. The van der Waals surface area contributed by atoms with Crippen molar-refractivity contribution in [1.29, 1.82) is 0 Å². The third-order valence-electron chi connectivity index (χ3n) is 2.34. The van der Waals surface area contributed by atoms with Crippen molar-refractivity contribution in [2.75, 3.05) is 0 Å². The Morgan fingerprint density at radius 1 is 0.458 bits per heavy atom. The van der Waals surface area contributed by atoms with Gasteiger partial charge in [0.1, 0.15) is 0 Å². The molecule has 0 N–H and O–H groups in total. The van der Waals surface area contributed by atoms with E-state index in [0.29, 0.717) is 0 Å². The quantitative estimate of drug-likeness (QED) is 0.359. The average molecular weight is 429 g/mol. The summed E-state index contributed by atoms with van der Waals surface area (Å²) in [6.45, 7) is 0. The molecule has 0 aromatic heterocycles. The molecule has 0 bridgehead atoms. The molecule has 24 heavy (non-hydrogen) atoms. The number of halogens is 2. The van der Waals surface area contributed by atoms with Crippen LogP contribution in [0.3, 0.4) is 0 Å². The fourth-order valence-corrected chi connectivity index (χ4v) is 1.36. The summed E-state index contributed by atoms with van der Waals surface area (Å²) in [4.78, 5) is 0. The van der Waals surface area contributed by atoms with Gasteiger partial charge in [-0.05, 0) is 0 Å². The smallest absolute Gasteiger partial charge is 1.00 e. The molecule has 0 aliphatic heterocycles. The zero-order valence-electron chi connectivity index (χ0n) is 15.5. The van der Waals surface area contributed by atoms with Gasteiger partial charge in [-0.1, -0.05) is 0 Å². The predicted molar refractivity (Wildman–Crippen MR) is 88.5 cm³/mol. The zero-order valence-corrected chi connectivity index (χ0v) is 18.1. The molecule has 0 heterocycles. The minimum absolute atomic E-state index is 0. The van der Waals surface area contributed by atoms with Crippen molar-refractivity contribution in [3.63, 3.8) is 0 Å². The summed E-state index contributed by atoms with van der Waals surface area (Å²) in [7, 11) is 0. The van der Waals surface area contributed by atoms with E-state index in [1.807, 2.05) is 48.6 Å². The van der Waals surface area contributed by atoms with Gasteiger partial charge in [0.2, 0.25) is 0 Å². The van der Waals surface area contributed by atoms with Gasteiger partial charge >= 0.3 is 43.4 Å². The van der Waals surface area contributed by atoms with Crippen LogP contribution >= 0.6 is 0 Å². The van der Waals surface area contributed by atoms with E-state index in [1.165, 1.54) is 0 Å². The maximum atomic E-state index is 2.99. The van der Waals surface area contributed by atoms with Gasteiger partial charge in [-0.3, -0.25) is 24.3 Å². The van der Waals surface area contributed by atoms with Gasteiger partial charge in [0.25, 0.3) is 0 Å². The van der Waals surface area contributed by atoms with Crippen LogP contribution in [-0.2, 0) is 43.4 Å². The summed E-state index contributed by atoms with van der Waals surface area (Å²) in [5.74, 6) is 0. The Morgan fingerprint density at radius 3 is 0.708 bits per heavy atom. The maximum absolute atomic E-state index is 2.99. The molecule has 0 amide bonds. The van der Waals surface area contributed by atoms with Crippen molar-refractivity contribution in [2.45, 2.75) is 25.7 Å². The number of allylic oxidation sites excluding steroid dienone is 16. The first-order valence-electron chi connectivity index (χ1n) is 6.87. The largest absolute Gasteiger partial charge is 4.00 e. The molecule has 0 saturated heterocycles.